The molecule has 0 fully saturated rings. The largest absolute Gasteiger partial charge is 0.390 e. The first-order valence-corrected chi connectivity index (χ1v) is 5.12. The highest BCUT2D eigenvalue weighted by Gasteiger charge is 2.13. The van der Waals surface area contributed by atoms with Crippen molar-refractivity contribution in [3.8, 4) is 0 Å². The molecule has 0 radical (unpaired) electrons. The normalized spacial score (nSPS) is 14.7. The lowest BCUT2D eigenvalue weighted by Crippen LogP contribution is -2.45. The molecule has 1 amide bonds. The van der Waals surface area contributed by atoms with E-state index < -0.39 is 12.1 Å². The molecule has 6 N–H and O–H groups in total. The van der Waals surface area contributed by atoms with Crippen molar-refractivity contribution in [2.45, 2.75) is 18.6 Å². The quantitative estimate of drug-likeness (QED) is 0.313. The van der Waals surface area contributed by atoms with Gasteiger partial charge in [-0.3, -0.25) is 4.79 Å². The van der Waals surface area contributed by atoms with Gasteiger partial charge in [0.15, 0.2) is 0 Å². The van der Waals surface area contributed by atoms with Gasteiger partial charge in [0.2, 0.25) is 5.91 Å². The Hall–Kier alpha value is -0.690. The summed E-state index contributed by atoms with van der Waals surface area (Å²) in [5.74, 6) is -0.222. The van der Waals surface area contributed by atoms with Gasteiger partial charge in [-0.05, 0) is 27.1 Å². The Kier molecular flexibility index (Phi) is 8.21. The summed E-state index contributed by atoms with van der Waals surface area (Å²) in [4.78, 5) is 11.4. The Labute approximate surface area is 90.6 Å². The second-order valence-electron chi connectivity index (χ2n) is 3.46. The predicted molar refractivity (Wildman–Crippen MR) is 59.5 cm³/mol. The standard InChI is InChI=1S/C9H22N4O2/c1-11-4-3-8(10)9(15)13-6-7(14)5-12-2/h7-8,11-12,14H,3-6,10H2,1-2H3,(H,13,15)/t7?,8-/m0/s1. The first-order valence-electron chi connectivity index (χ1n) is 5.12. The van der Waals surface area contributed by atoms with Crippen LogP contribution in [0.25, 0.3) is 0 Å². The van der Waals surface area contributed by atoms with Gasteiger partial charge in [0.1, 0.15) is 0 Å². The van der Waals surface area contributed by atoms with Gasteiger partial charge in [0.05, 0.1) is 12.1 Å². The third-order valence-corrected chi connectivity index (χ3v) is 1.99. The fraction of sp³-hybridized carbons (Fsp3) is 0.889. The van der Waals surface area contributed by atoms with E-state index in [1.165, 1.54) is 0 Å². The molecule has 0 spiro atoms. The van der Waals surface area contributed by atoms with E-state index in [0.717, 1.165) is 0 Å². The summed E-state index contributed by atoms with van der Waals surface area (Å²) in [6.45, 7) is 1.38. The molecule has 90 valence electrons. The monoisotopic (exact) mass is 218 g/mol. The average molecular weight is 218 g/mol. The van der Waals surface area contributed by atoms with Crippen molar-refractivity contribution in [2.24, 2.45) is 5.73 Å². The summed E-state index contributed by atoms with van der Waals surface area (Å²) < 4.78 is 0. The highest BCUT2D eigenvalue weighted by molar-refractivity contribution is 5.81. The Morgan fingerprint density at radius 1 is 1.33 bits per heavy atom. The first kappa shape index (κ1) is 14.3. The van der Waals surface area contributed by atoms with E-state index in [9.17, 15) is 9.90 Å². The third-order valence-electron chi connectivity index (χ3n) is 1.99. The molecule has 0 rings (SSSR count). The molecule has 0 aromatic rings. The summed E-state index contributed by atoms with van der Waals surface area (Å²) in [7, 11) is 3.55. The van der Waals surface area contributed by atoms with Crippen LogP contribution in [0.1, 0.15) is 6.42 Å². The number of amides is 1. The average Bonchev–Trinajstić information content (AvgIpc) is 2.22. The van der Waals surface area contributed by atoms with E-state index in [0.29, 0.717) is 19.5 Å². The van der Waals surface area contributed by atoms with E-state index in [1.54, 1.807) is 14.1 Å². The predicted octanol–water partition coefficient (Wildman–Crippen LogP) is -2.38. The third kappa shape index (κ3) is 7.26. The van der Waals surface area contributed by atoms with Gasteiger partial charge in [-0.1, -0.05) is 0 Å². The Morgan fingerprint density at radius 3 is 2.53 bits per heavy atom. The summed E-state index contributed by atoms with van der Waals surface area (Å²) >= 11 is 0. The Morgan fingerprint density at radius 2 is 2.00 bits per heavy atom. The van der Waals surface area contributed by atoms with Crippen molar-refractivity contribution in [1.82, 2.24) is 16.0 Å². The van der Waals surface area contributed by atoms with Gasteiger partial charge < -0.3 is 26.8 Å². The van der Waals surface area contributed by atoms with Gasteiger partial charge in [-0.15, -0.1) is 0 Å². The first-order chi connectivity index (χ1) is 7.11. The summed E-state index contributed by atoms with van der Waals surface area (Å²) in [5, 5.41) is 17.7. The van der Waals surface area contributed by atoms with Crippen LogP contribution in [0.3, 0.4) is 0 Å². The van der Waals surface area contributed by atoms with Crippen molar-refractivity contribution in [3.63, 3.8) is 0 Å². The minimum absolute atomic E-state index is 0.222. The molecule has 0 aromatic carbocycles. The molecular weight excluding hydrogens is 196 g/mol. The summed E-state index contributed by atoms with van der Waals surface area (Å²) in [6, 6.07) is -0.515. The van der Waals surface area contributed by atoms with E-state index in [2.05, 4.69) is 16.0 Å². The molecule has 0 bridgehead atoms. The number of aliphatic hydroxyl groups excluding tert-OH is 1. The number of hydrogen-bond acceptors (Lipinski definition) is 5. The SMILES string of the molecule is CNCC[C@H](N)C(=O)NCC(O)CNC. The zero-order valence-corrected chi connectivity index (χ0v) is 9.42. The van der Waals surface area contributed by atoms with Crippen LogP contribution in [0.2, 0.25) is 0 Å². The molecule has 6 heteroatoms. The van der Waals surface area contributed by atoms with E-state index in [-0.39, 0.29) is 12.5 Å². The molecule has 0 aromatic heterocycles. The lowest BCUT2D eigenvalue weighted by Gasteiger charge is -2.14. The van der Waals surface area contributed by atoms with E-state index in [4.69, 9.17) is 5.73 Å². The summed E-state index contributed by atoms with van der Waals surface area (Å²) in [6.07, 6.45) is 0.0141. The molecule has 0 heterocycles. The summed E-state index contributed by atoms with van der Waals surface area (Å²) in [5.41, 5.74) is 5.61. The highest BCUT2D eigenvalue weighted by atomic mass is 16.3. The minimum Gasteiger partial charge on any atom is -0.390 e. The second-order valence-corrected chi connectivity index (χ2v) is 3.46. The maximum Gasteiger partial charge on any atom is 0.237 e. The van der Waals surface area contributed by atoms with Crippen LogP contribution in [-0.2, 0) is 4.79 Å². The van der Waals surface area contributed by atoms with Gasteiger partial charge in [-0.25, -0.2) is 0 Å². The van der Waals surface area contributed by atoms with Crippen LogP contribution < -0.4 is 21.7 Å². The number of hydrogen-bond donors (Lipinski definition) is 5. The number of rotatable bonds is 8. The molecule has 15 heavy (non-hydrogen) atoms. The van der Waals surface area contributed by atoms with Crippen LogP contribution in [0.5, 0.6) is 0 Å². The van der Waals surface area contributed by atoms with E-state index in [1.807, 2.05) is 0 Å². The van der Waals surface area contributed by atoms with Crippen molar-refractivity contribution in [3.05, 3.63) is 0 Å². The second kappa shape index (κ2) is 8.60. The minimum atomic E-state index is -0.574. The maximum absolute atomic E-state index is 11.4. The molecule has 2 atom stereocenters. The van der Waals surface area contributed by atoms with Crippen LogP contribution in [0.15, 0.2) is 0 Å². The highest BCUT2D eigenvalue weighted by Crippen LogP contribution is 1.87. The number of nitrogens with one attached hydrogen (secondary N) is 3. The lowest BCUT2D eigenvalue weighted by molar-refractivity contribution is -0.122. The van der Waals surface area contributed by atoms with Gasteiger partial charge >= 0.3 is 0 Å². The van der Waals surface area contributed by atoms with Crippen molar-refractivity contribution < 1.29 is 9.90 Å². The number of nitrogens with two attached hydrogens (primary N) is 1. The molecule has 1 unspecified atom stereocenters. The van der Waals surface area contributed by atoms with Crippen LogP contribution in [0, 0.1) is 0 Å². The molecule has 0 saturated heterocycles. The van der Waals surface area contributed by atoms with E-state index >= 15 is 0 Å². The zero-order valence-electron chi connectivity index (χ0n) is 9.42. The number of carbonyl (C=O) groups excluding carboxylic acids is 1. The van der Waals surface area contributed by atoms with Gasteiger partial charge in [-0.2, -0.15) is 0 Å². The van der Waals surface area contributed by atoms with Crippen LogP contribution >= 0.6 is 0 Å². The topological polar surface area (TPSA) is 99.4 Å². The Bertz CT molecular complexity index is 177. The van der Waals surface area contributed by atoms with Gasteiger partial charge in [0, 0.05) is 13.1 Å². The molecule has 0 aliphatic rings. The molecule has 0 saturated carbocycles. The number of aliphatic hydroxyl groups is 1. The van der Waals surface area contributed by atoms with Crippen molar-refractivity contribution in [1.29, 1.82) is 0 Å². The smallest absolute Gasteiger partial charge is 0.237 e. The van der Waals surface area contributed by atoms with Crippen LogP contribution in [0.4, 0.5) is 0 Å². The van der Waals surface area contributed by atoms with Crippen molar-refractivity contribution >= 4 is 5.91 Å². The van der Waals surface area contributed by atoms with Gasteiger partial charge in [0.25, 0.3) is 0 Å². The Balaban J connectivity index is 3.63. The zero-order chi connectivity index (χ0) is 11.7. The number of carbonyl (C=O) groups is 1. The van der Waals surface area contributed by atoms with Crippen LogP contribution in [-0.4, -0.2) is 56.9 Å². The molecule has 0 aliphatic carbocycles. The number of likely N-dealkylation sites (N-methyl/N-ethyl adjacent to an activating group) is 1. The molecular formula is C9H22N4O2. The maximum atomic E-state index is 11.4. The fourth-order valence-corrected chi connectivity index (χ4v) is 1.09. The fourth-order valence-electron chi connectivity index (χ4n) is 1.09. The molecule has 6 nitrogen and oxygen atoms in total. The van der Waals surface area contributed by atoms with Crippen molar-refractivity contribution in [2.75, 3.05) is 33.7 Å². The lowest BCUT2D eigenvalue weighted by atomic mass is 10.2. The molecule has 0 aliphatic heterocycles.